The van der Waals surface area contributed by atoms with Gasteiger partial charge in [-0.25, -0.2) is 4.39 Å². The molecule has 1 aliphatic rings. The van der Waals surface area contributed by atoms with Gasteiger partial charge in [0.05, 0.1) is 12.1 Å². The number of piperidine rings is 1. The Hall–Kier alpha value is -1.96. The third-order valence-corrected chi connectivity index (χ3v) is 6.38. The second-order valence-corrected chi connectivity index (χ2v) is 10.1. The smallest absolute Gasteiger partial charge is 0.246 e. The van der Waals surface area contributed by atoms with E-state index >= 15 is 0 Å². The SMILES string of the molecule is C/C(=C\[C@H](C(C)C)N(C)C(=O)[C@@H](NC(=O)[C@H]1CCCCN1C(C)C)C(C)C)C(=O)NCCF. The number of likely N-dealkylation sites (N-methyl/N-ethyl adjacent to an activating group) is 1. The molecule has 2 N–H and O–H groups in total. The van der Waals surface area contributed by atoms with Gasteiger partial charge < -0.3 is 15.5 Å². The Balaban J connectivity index is 3.03. The molecule has 1 fully saturated rings. The van der Waals surface area contributed by atoms with Gasteiger partial charge in [0, 0.05) is 25.2 Å². The van der Waals surface area contributed by atoms with E-state index in [9.17, 15) is 18.8 Å². The quantitative estimate of drug-likeness (QED) is 0.457. The van der Waals surface area contributed by atoms with E-state index in [4.69, 9.17) is 0 Å². The van der Waals surface area contributed by atoms with Gasteiger partial charge in [-0.1, -0.05) is 40.2 Å². The van der Waals surface area contributed by atoms with Gasteiger partial charge >= 0.3 is 0 Å². The number of hydrogen-bond acceptors (Lipinski definition) is 4. The lowest BCUT2D eigenvalue weighted by atomic mass is 9.95. The Morgan fingerprint density at radius 3 is 2.24 bits per heavy atom. The van der Waals surface area contributed by atoms with Crippen LogP contribution in [0.2, 0.25) is 0 Å². The van der Waals surface area contributed by atoms with Gasteiger partial charge in [0.2, 0.25) is 17.7 Å². The molecule has 8 heteroatoms. The summed E-state index contributed by atoms with van der Waals surface area (Å²) in [6, 6.07) is -0.957. The van der Waals surface area contributed by atoms with Crippen molar-refractivity contribution in [3.8, 4) is 0 Å². The van der Waals surface area contributed by atoms with Crippen molar-refractivity contribution in [1.82, 2.24) is 20.4 Å². The van der Waals surface area contributed by atoms with Crippen LogP contribution < -0.4 is 10.6 Å². The standard InChI is InChI=1S/C25H45FN4O3/c1-16(2)21(15-19(7)23(31)27-13-12-26)29(8)25(33)22(17(3)4)28-24(32)20-11-9-10-14-30(20)18(5)6/h15-18,20-22H,9-14H2,1-8H3,(H,27,31)(H,28,32)/b19-15+/t20-,21-,22+/m1/s1. The highest BCUT2D eigenvalue weighted by Gasteiger charge is 2.35. The van der Waals surface area contributed by atoms with E-state index in [0.717, 1.165) is 25.8 Å². The number of rotatable bonds is 11. The maximum atomic E-state index is 13.5. The number of alkyl halides is 1. The topological polar surface area (TPSA) is 81.8 Å². The summed E-state index contributed by atoms with van der Waals surface area (Å²) >= 11 is 0. The minimum atomic E-state index is -0.659. The lowest BCUT2D eigenvalue weighted by molar-refractivity contribution is -0.140. The Morgan fingerprint density at radius 1 is 1.09 bits per heavy atom. The number of halogens is 1. The van der Waals surface area contributed by atoms with Crippen LogP contribution in [0.4, 0.5) is 4.39 Å². The zero-order chi connectivity index (χ0) is 25.3. The fourth-order valence-electron chi connectivity index (χ4n) is 4.37. The first-order chi connectivity index (χ1) is 15.4. The number of carbonyl (C=O) groups excluding carboxylic acids is 3. The Kier molecular flexibility index (Phi) is 12.0. The van der Waals surface area contributed by atoms with E-state index in [2.05, 4.69) is 29.4 Å². The molecule has 7 nitrogen and oxygen atoms in total. The summed E-state index contributed by atoms with van der Waals surface area (Å²) in [5.74, 6) is -0.676. The molecule has 1 heterocycles. The van der Waals surface area contributed by atoms with Crippen LogP contribution in [0.1, 0.15) is 67.7 Å². The minimum absolute atomic E-state index is 0.0405. The molecule has 0 saturated carbocycles. The number of likely N-dealkylation sites (tertiary alicyclic amines) is 1. The molecular weight excluding hydrogens is 423 g/mol. The van der Waals surface area contributed by atoms with E-state index in [1.165, 1.54) is 0 Å². The second kappa shape index (κ2) is 13.7. The molecule has 0 aromatic heterocycles. The number of nitrogens with zero attached hydrogens (tertiary/aromatic N) is 2. The Labute approximate surface area is 199 Å². The number of carbonyl (C=O) groups is 3. The van der Waals surface area contributed by atoms with Crippen LogP contribution in [-0.4, -0.2) is 78.5 Å². The van der Waals surface area contributed by atoms with Gasteiger partial charge in [-0.3, -0.25) is 19.3 Å². The van der Waals surface area contributed by atoms with Gasteiger partial charge in [0.25, 0.3) is 0 Å². The van der Waals surface area contributed by atoms with Gasteiger partial charge in [-0.2, -0.15) is 0 Å². The highest BCUT2D eigenvalue weighted by molar-refractivity contribution is 5.93. The normalized spacial score (nSPS) is 19.5. The zero-order valence-corrected chi connectivity index (χ0v) is 21.8. The molecule has 0 aliphatic carbocycles. The van der Waals surface area contributed by atoms with Gasteiger partial charge in [0.15, 0.2) is 0 Å². The van der Waals surface area contributed by atoms with Crippen molar-refractivity contribution < 1.29 is 18.8 Å². The molecule has 0 aromatic rings. The second-order valence-electron chi connectivity index (χ2n) is 10.1. The largest absolute Gasteiger partial charge is 0.350 e. The lowest BCUT2D eigenvalue weighted by Gasteiger charge is -2.39. The van der Waals surface area contributed by atoms with Gasteiger partial charge in [-0.05, 0) is 52.0 Å². The van der Waals surface area contributed by atoms with Gasteiger partial charge in [0.1, 0.15) is 12.7 Å². The van der Waals surface area contributed by atoms with Crippen LogP contribution in [0, 0.1) is 11.8 Å². The molecule has 0 radical (unpaired) electrons. The first-order valence-corrected chi connectivity index (χ1v) is 12.3. The third kappa shape index (κ3) is 8.40. The predicted molar refractivity (Wildman–Crippen MR) is 130 cm³/mol. The Morgan fingerprint density at radius 2 is 1.73 bits per heavy atom. The predicted octanol–water partition coefficient (Wildman–Crippen LogP) is 2.91. The Bertz CT molecular complexity index is 693. The van der Waals surface area contributed by atoms with Crippen molar-refractivity contribution in [2.75, 3.05) is 26.8 Å². The molecule has 33 heavy (non-hydrogen) atoms. The summed E-state index contributed by atoms with van der Waals surface area (Å²) in [5, 5.41) is 5.55. The van der Waals surface area contributed by atoms with E-state index in [1.54, 1.807) is 24.9 Å². The summed E-state index contributed by atoms with van der Waals surface area (Å²) < 4.78 is 12.4. The van der Waals surface area contributed by atoms with Crippen LogP contribution in [-0.2, 0) is 14.4 Å². The molecule has 1 saturated heterocycles. The number of hydrogen-bond donors (Lipinski definition) is 2. The van der Waals surface area contributed by atoms with Crippen LogP contribution in [0.25, 0.3) is 0 Å². The molecule has 0 spiro atoms. The summed E-state index contributed by atoms with van der Waals surface area (Å²) in [6.45, 7) is 13.9. The van der Waals surface area contributed by atoms with Crippen LogP contribution >= 0.6 is 0 Å². The van der Waals surface area contributed by atoms with Crippen molar-refractivity contribution in [2.24, 2.45) is 11.8 Å². The molecule has 3 atom stereocenters. The average Bonchev–Trinajstić information content (AvgIpc) is 2.77. The van der Waals surface area contributed by atoms with Crippen molar-refractivity contribution >= 4 is 17.7 Å². The molecule has 0 aromatic carbocycles. The van der Waals surface area contributed by atoms with E-state index < -0.39 is 12.7 Å². The maximum absolute atomic E-state index is 13.5. The van der Waals surface area contributed by atoms with Crippen LogP contribution in [0.5, 0.6) is 0 Å². The summed E-state index contributed by atoms with van der Waals surface area (Å²) in [4.78, 5) is 42.7. The molecule has 3 amide bonds. The van der Waals surface area contributed by atoms with Crippen LogP contribution in [0.15, 0.2) is 11.6 Å². The van der Waals surface area contributed by atoms with E-state index in [1.807, 2.05) is 27.7 Å². The van der Waals surface area contributed by atoms with Crippen molar-refractivity contribution in [2.45, 2.75) is 91.9 Å². The monoisotopic (exact) mass is 468 g/mol. The van der Waals surface area contributed by atoms with Crippen molar-refractivity contribution in [3.63, 3.8) is 0 Å². The highest BCUT2D eigenvalue weighted by atomic mass is 19.1. The summed E-state index contributed by atoms with van der Waals surface area (Å²) in [6.07, 6.45) is 4.63. The first-order valence-electron chi connectivity index (χ1n) is 12.3. The van der Waals surface area contributed by atoms with E-state index in [-0.39, 0.29) is 54.2 Å². The summed E-state index contributed by atoms with van der Waals surface area (Å²) in [5.41, 5.74) is 0.432. The lowest BCUT2D eigenvalue weighted by Crippen LogP contribution is -2.58. The fraction of sp³-hybridized carbons (Fsp3) is 0.800. The van der Waals surface area contributed by atoms with Crippen molar-refractivity contribution in [1.29, 1.82) is 0 Å². The fourth-order valence-corrected chi connectivity index (χ4v) is 4.37. The maximum Gasteiger partial charge on any atom is 0.246 e. The minimum Gasteiger partial charge on any atom is -0.350 e. The molecule has 190 valence electrons. The van der Waals surface area contributed by atoms with Gasteiger partial charge in [-0.15, -0.1) is 0 Å². The number of amides is 3. The molecule has 0 unspecified atom stereocenters. The van der Waals surface area contributed by atoms with E-state index in [0.29, 0.717) is 5.57 Å². The third-order valence-electron chi connectivity index (χ3n) is 6.38. The average molecular weight is 469 g/mol. The van der Waals surface area contributed by atoms with Crippen molar-refractivity contribution in [3.05, 3.63) is 11.6 Å². The summed E-state index contributed by atoms with van der Waals surface area (Å²) in [7, 11) is 1.71. The highest BCUT2D eigenvalue weighted by Crippen LogP contribution is 2.21. The molecule has 0 bridgehead atoms. The number of nitrogens with one attached hydrogen (secondary N) is 2. The zero-order valence-electron chi connectivity index (χ0n) is 21.8. The molecule has 1 rings (SSSR count). The van der Waals surface area contributed by atoms with Crippen LogP contribution in [0.3, 0.4) is 0 Å². The molecular formula is C25H45FN4O3. The molecule has 1 aliphatic heterocycles. The first kappa shape index (κ1) is 29.1.